The van der Waals surface area contributed by atoms with Gasteiger partial charge in [0, 0.05) is 18.7 Å². The molecule has 5 nitrogen and oxygen atoms in total. The van der Waals surface area contributed by atoms with Gasteiger partial charge in [-0.15, -0.1) is 0 Å². The van der Waals surface area contributed by atoms with Crippen LogP contribution in [0.15, 0.2) is 24.4 Å². The van der Waals surface area contributed by atoms with Crippen LogP contribution in [-0.2, 0) is 13.0 Å². The largest absolute Gasteiger partial charge is 0.318 e. The zero-order chi connectivity index (χ0) is 15.8. The highest BCUT2D eigenvalue weighted by Gasteiger charge is 2.27. The Hall–Kier alpha value is -2.34. The Labute approximate surface area is 133 Å². The molecule has 0 bridgehead atoms. The molecule has 23 heavy (non-hydrogen) atoms. The number of hydrogen-bond donors (Lipinski definition) is 2. The number of halogens is 1. The summed E-state index contributed by atoms with van der Waals surface area (Å²) in [6.45, 7) is 1.41. The van der Waals surface area contributed by atoms with Gasteiger partial charge in [0.25, 0.3) is 5.91 Å². The van der Waals surface area contributed by atoms with Gasteiger partial charge in [-0.05, 0) is 49.1 Å². The van der Waals surface area contributed by atoms with E-state index in [9.17, 15) is 9.18 Å². The topological polar surface area (TPSA) is 66.9 Å². The second-order valence-electron chi connectivity index (χ2n) is 6.02. The summed E-state index contributed by atoms with van der Waals surface area (Å²) in [7, 11) is 0. The molecule has 1 aliphatic carbocycles. The fourth-order valence-corrected chi connectivity index (χ4v) is 2.85. The third-order valence-corrected chi connectivity index (χ3v) is 4.30. The lowest BCUT2D eigenvalue weighted by molar-refractivity contribution is 0.102. The van der Waals surface area contributed by atoms with Crippen LogP contribution in [0.5, 0.6) is 0 Å². The van der Waals surface area contributed by atoms with Crippen LogP contribution in [0, 0.1) is 5.82 Å². The van der Waals surface area contributed by atoms with Gasteiger partial charge in [-0.1, -0.05) is 6.07 Å². The van der Waals surface area contributed by atoms with E-state index in [1.807, 2.05) is 6.07 Å². The van der Waals surface area contributed by atoms with Gasteiger partial charge >= 0.3 is 0 Å². The predicted molar refractivity (Wildman–Crippen MR) is 83.8 cm³/mol. The average molecular weight is 312 g/mol. The molecule has 6 heteroatoms. The first-order valence-electron chi connectivity index (χ1n) is 7.87. The Morgan fingerprint density at radius 1 is 1.30 bits per heavy atom. The quantitative estimate of drug-likeness (QED) is 0.913. The summed E-state index contributed by atoms with van der Waals surface area (Å²) >= 11 is 0. The van der Waals surface area contributed by atoms with Gasteiger partial charge in [0.05, 0.1) is 5.69 Å². The summed E-state index contributed by atoms with van der Waals surface area (Å²) in [5.41, 5.74) is 2.12. The normalized spacial score (nSPS) is 16.7. The standard InChI is InChI=1S/C17H17FN4O/c18-15-12-5-7-19-9-11(12)3-4-13(15)22-17(23)14-6-8-20-16(21-14)10-1-2-10/h3-4,6,8,10,19H,1-2,5,7,9H2,(H,22,23). The van der Waals surface area contributed by atoms with Crippen molar-refractivity contribution in [1.82, 2.24) is 15.3 Å². The highest BCUT2D eigenvalue weighted by atomic mass is 19.1. The fraction of sp³-hybridized carbons (Fsp3) is 0.353. The minimum Gasteiger partial charge on any atom is -0.318 e. The Kier molecular flexibility index (Phi) is 3.53. The van der Waals surface area contributed by atoms with Crippen molar-refractivity contribution in [3.05, 3.63) is 52.9 Å². The van der Waals surface area contributed by atoms with Crippen molar-refractivity contribution < 1.29 is 9.18 Å². The predicted octanol–water partition coefficient (Wildman–Crippen LogP) is 2.39. The van der Waals surface area contributed by atoms with E-state index in [1.165, 1.54) is 0 Å². The van der Waals surface area contributed by atoms with Gasteiger partial charge in [-0.3, -0.25) is 4.79 Å². The number of carbonyl (C=O) groups is 1. The molecule has 0 saturated heterocycles. The minimum absolute atomic E-state index is 0.210. The molecule has 118 valence electrons. The summed E-state index contributed by atoms with van der Waals surface area (Å²) in [4.78, 5) is 20.8. The number of rotatable bonds is 3. The van der Waals surface area contributed by atoms with Crippen LogP contribution >= 0.6 is 0 Å². The lowest BCUT2D eigenvalue weighted by Gasteiger charge is -2.19. The van der Waals surface area contributed by atoms with E-state index >= 15 is 0 Å². The maximum Gasteiger partial charge on any atom is 0.274 e. The molecule has 1 aliphatic heterocycles. The minimum atomic E-state index is -0.401. The number of carbonyl (C=O) groups excluding carboxylic acids is 1. The SMILES string of the molecule is O=C(Nc1ccc2c(c1F)CCNC2)c1ccnc(C2CC2)n1. The molecular weight excluding hydrogens is 295 g/mol. The molecule has 4 rings (SSSR count). The lowest BCUT2D eigenvalue weighted by Crippen LogP contribution is -2.25. The van der Waals surface area contributed by atoms with Crippen LogP contribution in [0.25, 0.3) is 0 Å². The smallest absolute Gasteiger partial charge is 0.274 e. The number of nitrogens with zero attached hydrogens (tertiary/aromatic N) is 2. The molecule has 1 aromatic heterocycles. The molecular formula is C17H17FN4O. The van der Waals surface area contributed by atoms with Gasteiger partial charge in [-0.25, -0.2) is 14.4 Å². The number of hydrogen-bond acceptors (Lipinski definition) is 4. The highest BCUT2D eigenvalue weighted by molar-refractivity contribution is 6.03. The van der Waals surface area contributed by atoms with E-state index in [2.05, 4.69) is 20.6 Å². The Morgan fingerprint density at radius 3 is 3.00 bits per heavy atom. The molecule has 0 unspecified atom stereocenters. The van der Waals surface area contributed by atoms with Crippen LogP contribution in [0.4, 0.5) is 10.1 Å². The molecule has 0 radical (unpaired) electrons. The monoisotopic (exact) mass is 312 g/mol. The van der Waals surface area contributed by atoms with Crippen molar-refractivity contribution >= 4 is 11.6 Å². The number of aromatic nitrogens is 2. The van der Waals surface area contributed by atoms with Gasteiger partial charge in [-0.2, -0.15) is 0 Å². The fourth-order valence-electron chi connectivity index (χ4n) is 2.85. The zero-order valence-corrected chi connectivity index (χ0v) is 12.6. The number of amides is 1. The summed E-state index contributed by atoms with van der Waals surface area (Å²) in [6.07, 6.45) is 4.35. The summed E-state index contributed by atoms with van der Waals surface area (Å²) < 4.78 is 14.6. The van der Waals surface area contributed by atoms with Crippen molar-refractivity contribution in [2.75, 3.05) is 11.9 Å². The molecule has 1 fully saturated rings. The molecule has 1 amide bonds. The van der Waals surface area contributed by atoms with Crippen molar-refractivity contribution in [3.8, 4) is 0 Å². The van der Waals surface area contributed by atoms with Crippen molar-refractivity contribution in [3.63, 3.8) is 0 Å². The second-order valence-corrected chi connectivity index (χ2v) is 6.02. The van der Waals surface area contributed by atoms with Gasteiger partial charge in [0.15, 0.2) is 0 Å². The maximum atomic E-state index is 14.6. The lowest BCUT2D eigenvalue weighted by atomic mass is 9.99. The summed E-state index contributed by atoms with van der Waals surface area (Å²) in [6, 6.07) is 5.03. The van der Waals surface area contributed by atoms with E-state index in [0.717, 1.165) is 24.9 Å². The Balaban J connectivity index is 1.58. The first kappa shape index (κ1) is 14.3. The van der Waals surface area contributed by atoms with Crippen molar-refractivity contribution in [2.45, 2.75) is 31.7 Å². The van der Waals surface area contributed by atoms with Gasteiger partial charge in [0.2, 0.25) is 0 Å². The Morgan fingerprint density at radius 2 is 2.17 bits per heavy atom. The average Bonchev–Trinajstić information content (AvgIpc) is 3.43. The van der Waals surface area contributed by atoms with E-state index in [-0.39, 0.29) is 17.2 Å². The molecule has 2 heterocycles. The zero-order valence-electron chi connectivity index (χ0n) is 12.6. The van der Waals surface area contributed by atoms with Crippen molar-refractivity contribution in [2.24, 2.45) is 0 Å². The third-order valence-electron chi connectivity index (χ3n) is 4.30. The van der Waals surface area contributed by atoms with Crippen LogP contribution in [0.2, 0.25) is 0 Å². The number of fused-ring (bicyclic) bond motifs is 1. The van der Waals surface area contributed by atoms with Gasteiger partial charge < -0.3 is 10.6 Å². The summed E-state index contributed by atoms with van der Waals surface area (Å²) in [5, 5.41) is 5.84. The van der Waals surface area contributed by atoms with Crippen LogP contribution in [0.3, 0.4) is 0 Å². The molecule has 2 aromatic rings. The summed E-state index contributed by atoms with van der Waals surface area (Å²) in [5.74, 6) is 0.335. The number of benzene rings is 1. The first-order chi connectivity index (χ1) is 11.2. The second kappa shape index (κ2) is 5.70. The van der Waals surface area contributed by atoms with E-state index in [1.54, 1.807) is 18.3 Å². The van der Waals surface area contributed by atoms with E-state index < -0.39 is 5.91 Å². The molecule has 1 saturated carbocycles. The van der Waals surface area contributed by atoms with Crippen LogP contribution in [-0.4, -0.2) is 22.4 Å². The molecule has 0 atom stereocenters. The molecule has 1 aromatic carbocycles. The van der Waals surface area contributed by atoms with E-state index in [4.69, 9.17) is 0 Å². The van der Waals surface area contributed by atoms with Gasteiger partial charge in [0.1, 0.15) is 17.3 Å². The number of anilines is 1. The van der Waals surface area contributed by atoms with Crippen molar-refractivity contribution in [1.29, 1.82) is 0 Å². The van der Waals surface area contributed by atoms with Crippen LogP contribution < -0.4 is 10.6 Å². The highest BCUT2D eigenvalue weighted by Crippen LogP contribution is 2.37. The third kappa shape index (κ3) is 2.82. The first-order valence-corrected chi connectivity index (χ1v) is 7.87. The molecule has 0 spiro atoms. The Bertz CT molecular complexity index is 773. The van der Waals surface area contributed by atoms with E-state index in [0.29, 0.717) is 30.3 Å². The number of nitrogens with one attached hydrogen (secondary N) is 2. The molecule has 2 N–H and O–H groups in total. The van der Waals surface area contributed by atoms with Crippen LogP contribution in [0.1, 0.15) is 46.2 Å². The maximum absolute atomic E-state index is 14.6. The molecule has 2 aliphatic rings.